The van der Waals surface area contributed by atoms with Crippen molar-refractivity contribution in [3.63, 3.8) is 0 Å². The second kappa shape index (κ2) is 5.43. The van der Waals surface area contributed by atoms with Gasteiger partial charge in [-0.25, -0.2) is 4.39 Å². The number of aliphatic hydroxyl groups is 1. The van der Waals surface area contributed by atoms with Crippen molar-refractivity contribution < 1.29 is 9.50 Å². The Morgan fingerprint density at radius 1 is 1.12 bits per heavy atom. The number of rotatable bonds is 1. The molecule has 4 aliphatic carbocycles. The standard InChI is InChI=1S/C22H33FO/c1-13(2)18-5-6-19-16-11-20(23)17-12-21(3,24)9-7-15(17)14(16)8-10-22(18,19)4/h14-16,18-19,24H,1,5-12H2,2-4H3/t14-,15-,16-,18-,19+,21+,22-/m1/s1. The van der Waals surface area contributed by atoms with Crippen molar-refractivity contribution in [2.24, 2.45) is 35.0 Å². The third kappa shape index (κ3) is 2.35. The minimum atomic E-state index is -0.697. The molecule has 0 aliphatic heterocycles. The highest BCUT2D eigenvalue weighted by molar-refractivity contribution is 5.25. The molecule has 0 aromatic rings. The highest BCUT2D eigenvalue weighted by Crippen LogP contribution is 2.65. The Hall–Kier alpha value is -0.630. The third-order valence-electron chi connectivity index (χ3n) is 8.38. The first-order valence-electron chi connectivity index (χ1n) is 9.98. The number of hydrogen-bond acceptors (Lipinski definition) is 1. The number of hydrogen-bond donors (Lipinski definition) is 1. The van der Waals surface area contributed by atoms with Crippen LogP contribution in [-0.2, 0) is 0 Å². The molecule has 0 aromatic heterocycles. The molecule has 0 bridgehead atoms. The number of halogens is 1. The minimum Gasteiger partial charge on any atom is -0.390 e. The van der Waals surface area contributed by atoms with Crippen LogP contribution in [0.5, 0.6) is 0 Å². The first kappa shape index (κ1) is 16.8. The lowest BCUT2D eigenvalue weighted by atomic mass is 9.51. The Morgan fingerprint density at radius 3 is 2.58 bits per heavy atom. The fourth-order valence-corrected chi connectivity index (χ4v) is 7.30. The normalized spacial score (nSPS) is 51.0. The molecule has 0 amide bonds. The van der Waals surface area contributed by atoms with Gasteiger partial charge in [0, 0.05) is 6.42 Å². The van der Waals surface area contributed by atoms with E-state index in [2.05, 4.69) is 20.4 Å². The van der Waals surface area contributed by atoms with Crippen LogP contribution in [0.4, 0.5) is 4.39 Å². The van der Waals surface area contributed by atoms with E-state index in [1.54, 1.807) is 0 Å². The molecular formula is C22H33FO. The summed E-state index contributed by atoms with van der Waals surface area (Å²) in [5.41, 5.74) is 1.95. The lowest BCUT2D eigenvalue weighted by Gasteiger charge is -2.54. The van der Waals surface area contributed by atoms with Crippen LogP contribution in [0.3, 0.4) is 0 Å². The molecule has 2 heteroatoms. The topological polar surface area (TPSA) is 20.2 Å². The highest BCUT2D eigenvalue weighted by Gasteiger charge is 2.57. The van der Waals surface area contributed by atoms with Crippen molar-refractivity contribution in [3.8, 4) is 0 Å². The molecule has 0 aromatic carbocycles. The molecular weight excluding hydrogens is 299 g/mol. The first-order chi connectivity index (χ1) is 11.2. The second-order valence-corrected chi connectivity index (χ2v) is 9.91. The molecule has 4 aliphatic rings. The van der Waals surface area contributed by atoms with Crippen molar-refractivity contribution in [1.82, 2.24) is 0 Å². The van der Waals surface area contributed by atoms with Gasteiger partial charge in [0.15, 0.2) is 0 Å². The van der Waals surface area contributed by atoms with Crippen molar-refractivity contribution in [2.45, 2.75) is 77.7 Å². The summed E-state index contributed by atoms with van der Waals surface area (Å²) < 4.78 is 15.0. The van der Waals surface area contributed by atoms with Crippen LogP contribution in [0, 0.1) is 35.0 Å². The average Bonchev–Trinajstić information content (AvgIpc) is 2.85. The monoisotopic (exact) mass is 332 g/mol. The van der Waals surface area contributed by atoms with E-state index in [-0.39, 0.29) is 5.83 Å². The molecule has 0 unspecified atom stereocenters. The van der Waals surface area contributed by atoms with E-state index >= 15 is 4.39 Å². The molecule has 0 heterocycles. The summed E-state index contributed by atoms with van der Waals surface area (Å²) in [6, 6.07) is 0. The molecule has 3 fully saturated rings. The zero-order valence-corrected chi connectivity index (χ0v) is 15.6. The van der Waals surface area contributed by atoms with Gasteiger partial charge in [0.1, 0.15) is 0 Å². The average molecular weight is 333 g/mol. The summed E-state index contributed by atoms with van der Waals surface area (Å²) in [6.45, 7) is 10.8. The van der Waals surface area contributed by atoms with Crippen LogP contribution in [-0.4, -0.2) is 10.7 Å². The fourth-order valence-electron chi connectivity index (χ4n) is 7.30. The zero-order valence-electron chi connectivity index (χ0n) is 15.6. The molecule has 0 radical (unpaired) electrons. The Morgan fingerprint density at radius 2 is 1.88 bits per heavy atom. The minimum absolute atomic E-state index is 0.129. The Kier molecular flexibility index (Phi) is 3.81. The predicted octanol–water partition coefficient (Wildman–Crippen LogP) is 5.80. The molecule has 7 atom stereocenters. The van der Waals surface area contributed by atoms with Crippen molar-refractivity contribution in [3.05, 3.63) is 23.6 Å². The van der Waals surface area contributed by atoms with Gasteiger partial charge in [-0.1, -0.05) is 19.1 Å². The van der Waals surface area contributed by atoms with Gasteiger partial charge in [0.2, 0.25) is 0 Å². The smallest absolute Gasteiger partial charge is 0.0998 e. The number of fused-ring (bicyclic) bond motifs is 5. The van der Waals surface area contributed by atoms with E-state index in [0.29, 0.717) is 47.8 Å². The van der Waals surface area contributed by atoms with Gasteiger partial charge in [-0.15, -0.1) is 0 Å². The second-order valence-electron chi connectivity index (χ2n) is 9.91. The van der Waals surface area contributed by atoms with Crippen molar-refractivity contribution in [1.29, 1.82) is 0 Å². The van der Waals surface area contributed by atoms with E-state index in [1.807, 2.05) is 6.92 Å². The van der Waals surface area contributed by atoms with Crippen LogP contribution < -0.4 is 0 Å². The molecule has 134 valence electrons. The summed E-state index contributed by atoms with van der Waals surface area (Å²) in [5, 5.41) is 10.4. The first-order valence-corrected chi connectivity index (χ1v) is 9.98. The van der Waals surface area contributed by atoms with Gasteiger partial charge < -0.3 is 5.11 Å². The molecule has 4 rings (SSSR count). The SMILES string of the molecule is C=C(C)[C@H]1CC[C@H]2[C@@H]3CC(F)=C4C[C@@](C)(O)CC[C@@H]4[C@H]3CC[C@]12C. The molecule has 1 N–H and O–H groups in total. The summed E-state index contributed by atoms with van der Waals surface area (Å²) in [5.74, 6) is 2.99. The van der Waals surface area contributed by atoms with Gasteiger partial charge in [0.05, 0.1) is 11.4 Å². The molecule has 1 nitrogen and oxygen atoms in total. The Bertz CT molecular complexity index is 589. The maximum absolute atomic E-state index is 15.0. The maximum atomic E-state index is 15.0. The zero-order chi connectivity index (χ0) is 17.3. The summed E-state index contributed by atoms with van der Waals surface area (Å²) >= 11 is 0. The van der Waals surface area contributed by atoms with Crippen LogP contribution in [0.25, 0.3) is 0 Å². The van der Waals surface area contributed by atoms with Crippen molar-refractivity contribution >= 4 is 0 Å². The molecule has 3 saturated carbocycles. The molecule has 0 saturated heterocycles. The van der Waals surface area contributed by atoms with Crippen LogP contribution in [0.2, 0.25) is 0 Å². The maximum Gasteiger partial charge on any atom is 0.0998 e. The summed E-state index contributed by atoms with van der Waals surface area (Å²) in [4.78, 5) is 0. The highest BCUT2D eigenvalue weighted by atomic mass is 19.1. The van der Waals surface area contributed by atoms with Gasteiger partial charge in [0.25, 0.3) is 0 Å². The Labute approximate surface area is 146 Å². The summed E-state index contributed by atoms with van der Waals surface area (Å²) in [6.07, 6.45) is 8.01. The third-order valence-corrected chi connectivity index (χ3v) is 8.38. The van der Waals surface area contributed by atoms with Crippen LogP contribution >= 0.6 is 0 Å². The van der Waals surface area contributed by atoms with Crippen molar-refractivity contribution in [2.75, 3.05) is 0 Å². The quantitative estimate of drug-likeness (QED) is 0.602. The van der Waals surface area contributed by atoms with Gasteiger partial charge in [-0.3, -0.25) is 0 Å². The van der Waals surface area contributed by atoms with Crippen LogP contribution in [0.1, 0.15) is 72.1 Å². The van der Waals surface area contributed by atoms with Crippen LogP contribution in [0.15, 0.2) is 23.6 Å². The summed E-state index contributed by atoms with van der Waals surface area (Å²) in [7, 11) is 0. The van der Waals surface area contributed by atoms with E-state index in [9.17, 15) is 5.11 Å². The van der Waals surface area contributed by atoms with E-state index < -0.39 is 5.60 Å². The Balaban J connectivity index is 1.65. The van der Waals surface area contributed by atoms with Gasteiger partial charge >= 0.3 is 0 Å². The van der Waals surface area contributed by atoms with E-state index in [4.69, 9.17) is 0 Å². The van der Waals surface area contributed by atoms with E-state index in [1.165, 1.54) is 31.3 Å². The predicted molar refractivity (Wildman–Crippen MR) is 96.1 cm³/mol. The molecule has 0 spiro atoms. The lowest BCUT2D eigenvalue weighted by Crippen LogP contribution is -2.48. The van der Waals surface area contributed by atoms with Gasteiger partial charge in [-0.05, 0) is 99.4 Å². The molecule has 24 heavy (non-hydrogen) atoms. The lowest BCUT2D eigenvalue weighted by molar-refractivity contribution is -0.0350. The largest absolute Gasteiger partial charge is 0.390 e. The van der Waals surface area contributed by atoms with E-state index in [0.717, 1.165) is 18.4 Å². The fraction of sp³-hybridized carbons (Fsp3) is 0.818. The van der Waals surface area contributed by atoms with Gasteiger partial charge in [-0.2, -0.15) is 0 Å². The number of allylic oxidation sites excluding steroid dienone is 2.